The van der Waals surface area contributed by atoms with E-state index in [1.807, 2.05) is 0 Å². The van der Waals surface area contributed by atoms with E-state index in [9.17, 15) is 0 Å². The van der Waals surface area contributed by atoms with Crippen molar-refractivity contribution in [3.8, 4) is 61.7 Å². The normalized spacial score (nSPS) is 14.2. The maximum absolute atomic E-state index is 7.05. The minimum absolute atomic E-state index is 0.219. The van der Waals surface area contributed by atoms with Gasteiger partial charge in [-0.05, 0) is 103 Å². The molecule has 64 heavy (non-hydrogen) atoms. The summed E-state index contributed by atoms with van der Waals surface area (Å²) in [6.45, 7) is 7.19. The fourth-order valence-corrected chi connectivity index (χ4v) is 14.9. The predicted molar refractivity (Wildman–Crippen MR) is 266 cm³/mol. The molecule has 1 aliphatic carbocycles. The molecule has 0 saturated heterocycles. The third-order valence-electron chi connectivity index (χ3n) is 14.4. The first kappa shape index (κ1) is 36.9. The van der Waals surface area contributed by atoms with Crippen LogP contribution in [0.3, 0.4) is 0 Å². The first-order chi connectivity index (χ1) is 31.4. The number of aromatic nitrogens is 3. The standard InChI is InChI=1S/C59H43N3OSi/c1-59(2)49-24-11-16-30-55(49)63-57-50(59)25-17-31-56(57)64(3,39-18-5-4-6-19-39)40-33-35-46-41-20-7-9-22-43(41)47-36-38(32-34-45(47)42-21-8-10-23-44(42)48(46)37-40)61-53-28-14-15-29-54(53)62-52-27-13-12-26-51(52)60-58(61)62/h4-37H,1-3H3/p+1. The Kier molecular flexibility index (Phi) is 7.85. The summed E-state index contributed by atoms with van der Waals surface area (Å²) in [5.41, 5.74) is 17.7. The molecule has 1 atom stereocenters. The van der Waals surface area contributed by atoms with Crippen molar-refractivity contribution < 1.29 is 9.30 Å². The van der Waals surface area contributed by atoms with Crippen LogP contribution in [0.25, 0.3) is 78.0 Å². The van der Waals surface area contributed by atoms with Crippen molar-refractivity contribution in [3.05, 3.63) is 217 Å². The number of hydrogen-bond donors (Lipinski definition) is 1. The Balaban J connectivity index is 1.04. The van der Waals surface area contributed by atoms with Crippen LogP contribution in [0.1, 0.15) is 25.0 Å². The molecule has 3 heterocycles. The molecule has 0 bridgehead atoms. The van der Waals surface area contributed by atoms with Crippen LogP contribution in [0, 0.1) is 0 Å². The molecule has 1 unspecified atom stereocenters. The third-order valence-corrected chi connectivity index (χ3v) is 18.8. The summed E-state index contributed by atoms with van der Waals surface area (Å²) < 4.78 is 11.8. The van der Waals surface area contributed by atoms with Crippen LogP contribution >= 0.6 is 0 Å². The van der Waals surface area contributed by atoms with Gasteiger partial charge in [-0.15, -0.1) is 0 Å². The zero-order chi connectivity index (χ0) is 42.7. The number of H-pyrrole nitrogens is 1. The van der Waals surface area contributed by atoms with E-state index in [0.29, 0.717) is 0 Å². The van der Waals surface area contributed by atoms with E-state index in [0.717, 1.165) is 39.5 Å². The molecule has 0 radical (unpaired) electrons. The number of hydrogen-bond acceptors (Lipinski definition) is 1. The number of benzene rings is 9. The van der Waals surface area contributed by atoms with Crippen molar-refractivity contribution in [1.29, 1.82) is 0 Å². The average molecular weight is 839 g/mol. The quantitative estimate of drug-likeness (QED) is 0.107. The molecule has 1 aliphatic heterocycles. The Morgan fingerprint density at radius 2 is 1.06 bits per heavy atom. The molecular weight excluding hydrogens is 795 g/mol. The zero-order valence-electron chi connectivity index (χ0n) is 35.9. The smallest absolute Gasteiger partial charge is 0.373 e. The molecule has 5 heteroatoms. The van der Waals surface area contributed by atoms with Crippen molar-refractivity contribution in [1.82, 2.24) is 9.38 Å². The molecule has 0 saturated carbocycles. The maximum Gasteiger partial charge on any atom is 0.373 e. The first-order valence-electron chi connectivity index (χ1n) is 22.3. The van der Waals surface area contributed by atoms with Gasteiger partial charge in [-0.2, -0.15) is 8.97 Å². The van der Waals surface area contributed by atoms with Gasteiger partial charge < -0.3 is 4.74 Å². The molecule has 1 N–H and O–H groups in total. The third kappa shape index (κ3) is 5.13. The molecule has 0 fully saturated rings. The van der Waals surface area contributed by atoms with E-state index < -0.39 is 8.07 Å². The highest BCUT2D eigenvalue weighted by atomic mass is 28.3. The van der Waals surface area contributed by atoms with Crippen LogP contribution in [0.15, 0.2) is 206 Å². The SMILES string of the molecule is CC1(C)c2ccccc2Oc2c1cccc2[Si](C)(c1ccccc1)c1ccc2c(c1)-c1ccccc1-c1ccc(-[n+]3c4ccccc4n4c5ccccc5[nH]c43)cc1-c1ccccc1-2. The molecule has 2 aromatic heterocycles. The van der Waals surface area contributed by atoms with E-state index in [1.54, 1.807) is 0 Å². The van der Waals surface area contributed by atoms with Gasteiger partial charge in [0.25, 0.3) is 0 Å². The minimum atomic E-state index is -2.74. The summed E-state index contributed by atoms with van der Waals surface area (Å²) in [6, 6.07) is 76.3. The summed E-state index contributed by atoms with van der Waals surface area (Å²) >= 11 is 0. The van der Waals surface area contributed by atoms with Crippen molar-refractivity contribution in [2.45, 2.75) is 25.8 Å². The van der Waals surface area contributed by atoms with Crippen molar-refractivity contribution in [3.63, 3.8) is 0 Å². The molecule has 13 rings (SSSR count). The molecule has 2 aliphatic rings. The Labute approximate surface area is 373 Å². The highest BCUT2D eigenvalue weighted by Gasteiger charge is 2.43. The second-order valence-electron chi connectivity index (χ2n) is 18.1. The van der Waals surface area contributed by atoms with Gasteiger partial charge in [0.2, 0.25) is 0 Å². The van der Waals surface area contributed by atoms with E-state index in [2.05, 4.69) is 241 Å². The second kappa shape index (κ2) is 13.6. The van der Waals surface area contributed by atoms with Crippen molar-refractivity contribution in [2.75, 3.05) is 0 Å². The average Bonchev–Trinajstić information content (AvgIpc) is 3.88. The van der Waals surface area contributed by atoms with Gasteiger partial charge in [0.15, 0.2) is 0 Å². The highest BCUT2D eigenvalue weighted by Crippen LogP contribution is 2.49. The summed E-state index contributed by atoms with van der Waals surface area (Å²) in [6.07, 6.45) is 0. The van der Waals surface area contributed by atoms with Gasteiger partial charge in [0.1, 0.15) is 47.3 Å². The van der Waals surface area contributed by atoms with E-state index in [4.69, 9.17) is 4.74 Å². The van der Waals surface area contributed by atoms with Gasteiger partial charge in [-0.25, -0.2) is 4.98 Å². The van der Waals surface area contributed by atoms with Gasteiger partial charge in [0.05, 0.1) is 0 Å². The van der Waals surface area contributed by atoms with Gasteiger partial charge in [-0.3, -0.25) is 0 Å². The summed E-state index contributed by atoms with van der Waals surface area (Å²) in [5.74, 6) is 2.98. The number of fused-ring (bicyclic) bond motifs is 15. The fourth-order valence-electron chi connectivity index (χ4n) is 11.1. The van der Waals surface area contributed by atoms with Crippen molar-refractivity contribution >= 4 is 51.5 Å². The molecular formula is C59H44N3OSi+. The number of nitrogens with one attached hydrogen (secondary N) is 1. The number of aromatic amines is 1. The number of para-hydroxylation sites is 6. The largest absolute Gasteiger partial charge is 0.457 e. The molecule has 304 valence electrons. The predicted octanol–water partition coefficient (Wildman–Crippen LogP) is 12.4. The topological polar surface area (TPSA) is 33.3 Å². The molecule has 4 nitrogen and oxygen atoms in total. The number of rotatable bonds is 4. The fraction of sp³-hybridized carbons (Fsp3) is 0.0678. The monoisotopic (exact) mass is 838 g/mol. The highest BCUT2D eigenvalue weighted by molar-refractivity contribution is 7.11. The first-order valence-corrected chi connectivity index (χ1v) is 24.8. The Morgan fingerprint density at radius 3 is 1.83 bits per heavy atom. The molecule has 11 aromatic rings. The Hall–Kier alpha value is -7.73. The van der Waals surface area contributed by atoms with Crippen LogP contribution in [-0.4, -0.2) is 17.5 Å². The van der Waals surface area contributed by atoms with Crippen molar-refractivity contribution in [2.24, 2.45) is 0 Å². The Morgan fingerprint density at radius 1 is 0.484 bits per heavy atom. The number of imidazole rings is 2. The van der Waals surface area contributed by atoms with Crippen LogP contribution in [-0.2, 0) is 5.41 Å². The lowest BCUT2D eigenvalue weighted by Gasteiger charge is -2.39. The van der Waals surface area contributed by atoms with Crippen LogP contribution in [0.4, 0.5) is 0 Å². The van der Waals surface area contributed by atoms with Crippen LogP contribution in [0.2, 0.25) is 6.55 Å². The van der Waals surface area contributed by atoms with Crippen LogP contribution < -0.4 is 24.9 Å². The lowest BCUT2D eigenvalue weighted by Crippen LogP contribution is -2.65. The summed E-state index contributed by atoms with van der Waals surface area (Å²) in [7, 11) is -2.74. The van der Waals surface area contributed by atoms with E-state index in [1.165, 1.54) is 76.7 Å². The molecule has 0 amide bonds. The zero-order valence-corrected chi connectivity index (χ0v) is 36.9. The summed E-state index contributed by atoms with van der Waals surface area (Å²) in [4.78, 5) is 3.77. The Bertz CT molecular complexity index is 3700. The summed E-state index contributed by atoms with van der Waals surface area (Å²) in [5, 5.41) is 3.98. The maximum atomic E-state index is 7.05. The van der Waals surface area contributed by atoms with Gasteiger partial charge >= 0.3 is 5.78 Å². The number of nitrogens with zero attached hydrogens (tertiary/aromatic N) is 2. The minimum Gasteiger partial charge on any atom is -0.457 e. The molecule has 0 spiro atoms. The van der Waals surface area contributed by atoms with Gasteiger partial charge in [-0.1, -0.05) is 184 Å². The van der Waals surface area contributed by atoms with Gasteiger partial charge in [0, 0.05) is 16.5 Å². The van der Waals surface area contributed by atoms with Crippen LogP contribution in [0.5, 0.6) is 11.5 Å². The second-order valence-corrected chi connectivity index (χ2v) is 22.0. The van der Waals surface area contributed by atoms with E-state index in [-0.39, 0.29) is 5.41 Å². The number of ether oxygens (including phenoxy) is 1. The van der Waals surface area contributed by atoms with E-state index >= 15 is 0 Å². The lowest BCUT2D eigenvalue weighted by atomic mass is 9.76. The lowest BCUT2D eigenvalue weighted by molar-refractivity contribution is -0.540. The molecule has 9 aromatic carbocycles.